The predicted molar refractivity (Wildman–Crippen MR) is 86.2 cm³/mol. The summed E-state index contributed by atoms with van der Waals surface area (Å²) in [6, 6.07) is 7.50. The van der Waals surface area contributed by atoms with Gasteiger partial charge < -0.3 is 5.32 Å². The van der Waals surface area contributed by atoms with Gasteiger partial charge in [0, 0.05) is 30.9 Å². The smallest absolute Gasteiger partial charge is 0.312 e. The topological polar surface area (TPSA) is 73.1 Å². The molecule has 0 radical (unpaired) electrons. The number of hydrogen-bond donors (Lipinski definition) is 1. The van der Waals surface area contributed by atoms with Crippen molar-refractivity contribution in [2.24, 2.45) is 14.1 Å². The van der Waals surface area contributed by atoms with Crippen molar-refractivity contribution in [3.63, 3.8) is 0 Å². The maximum Gasteiger partial charge on any atom is 0.332 e. The van der Waals surface area contributed by atoms with Crippen LogP contribution < -0.4 is 16.6 Å². The Morgan fingerprint density at radius 1 is 1.18 bits per heavy atom. The zero-order valence-corrected chi connectivity index (χ0v) is 13.7. The van der Waals surface area contributed by atoms with Gasteiger partial charge in [0.25, 0.3) is 5.56 Å². The minimum Gasteiger partial charge on any atom is -0.312 e. The van der Waals surface area contributed by atoms with E-state index >= 15 is 0 Å². The molecule has 0 spiro atoms. The highest BCUT2D eigenvalue weighted by Crippen LogP contribution is 2.34. The highest BCUT2D eigenvalue weighted by Gasteiger charge is 2.32. The summed E-state index contributed by atoms with van der Waals surface area (Å²) >= 11 is 3.40. The van der Waals surface area contributed by atoms with Gasteiger partial charge in [0.05, 0.1) is 5.56 Å². The van der Waals surface area contributed by atoms with Crippen LogP contribution in [0.4, 0.5) is 5.82 Å². The Bertz CT molecular complexity index is 898. The summed E-state index contributed by atoms with van der Waals surface area (Å²) in [5, 5.41) is 2.65. The van der Waals surface area contributed by atoms with Crippen molar-refractivity contribution in [2.45, 2.75) is 12.3 Å². The normalized spacial score (nSPS) is 17.0. The van der Waals surface area contributed by atoms with Gasteiger partial charge in [0.1, 0.15) is 5.82 Å². The molecule has 0 unspecified atom stereocenters. The number of carbonyl (C=O) groups excluding carboxylic acids is 1. The number of anilines is 1. The van der Waals surface area contributed by atoms with Gasteiger partial charge in [-0.1, -0.05) is 28.1 Å². The molecule has 0 fully saturated rings. The first-order valence-electron chi connectivity index (χ1n) is 6.75. The summed E-state index contributed by atoms with van der Waals surface area (Å²) in [5.41, 5.74) is 0.477. The van der Waals surface area contributed by atoms with E-state index in [4.69, 9.17) is 0 Å². The van der Waals surface area contributed by atoms with E-state index in [9.17, 15) is 14.4 Å². The highest BCUT2D eigenvalue weighted by atomic mass is 79.9. The average Bonchev–Trinajstić information content (AvgIpc) is 2.50. The Morgan fingerprint density at radius 2 is 1.91 bits per heavy atom. The van der Waals surface area contributed by atoms with E-state index in [2.05, 4.69) is 21.2 Å². The largest absolute Gasteiger partial charge is 0.332 e. The summed E-state index contributed by atoms with van der Waals surface area (Å²) in [5.74, 6) is -0.290. The van der Waals surface area contributed by atoms with Crippen molar-refractivity contribution in [3.8, 4) is 0 Å². The van der Waals surface area contributed by atoms with E-state index in [-0.39, 0.29) is 29.6 Å². The maximum atomic E-state index is 12.5. The molecule has 2 aromatic rings. The number of benzene rings is 1. The van der Waals surface area contributed by atoms with Crippen molar-refractivity contribution in [1.82, 2.24) is 9.13 Å². The van der Waals surface area contributed by atoms with Crippen molar-refractivity contribution >= 4 is 27.7 Å². The first kappa shape index (κ1) is 14.8. The van der Waals surface area contributed by atoms with Crippen LogP contribution in [0.2, 0.25) is 0 Å². The molecule has 1 aliphatic rings. The fraction of sp³-hybridized carbons (Fsp3) is 0.267. The molecule has 7 heteroatoms. The van der Waals surface area contributed by atoms with Crippen LogP contribution in [-0.4, -0.2) is 15.0 Å². The molecule has 1 aromatic heterocycles. The molecule has 2 heterocycles. The van der Waals surface area contributed by atoms with Gasteiger partial charge >= 0.3 is 5.69 Å². The minimum atomic E-state index is -0.459. The Morgan fingerprint density at radius 3 is 2.59 bits per heavy atom. The number of amides is 1. The molecule has 1 atom stereocenters. The minimum absolute atomic E-state index is 0.177. The first-order chi connectivity index (χ1) is 10.4. The molecule has 6 nitrogen and oxygen atoms in total. The molecule has 3 rings (SSSR count). The molecule has 0 saturated carbocycles. The fourth-order valence-electron chi connectivity index (χ4n) is 2.81. The summed E-state index contributed by atoms with van der Waals surface area (Å²) in [4.78, 5) is 36.6. The average molecular weight is 364 g/mol. The van der Waals surface area contributed by atoms with Gasteiger partial charge in [-0.2, -0.15) is 0 Å². The number of nitrogens with zero attached hydrogens (tertiary/aromatic N) is 2. The second-order valence-electron chi connectivity index (χ2n) is 5.33. The lowest BCUT2D eigenvalue weighted by Crippen LogP contribution is -2.44. The molecule has 1 aliphatic heterocycles. The van der Waals surface area contributed by atoms with Crippen molar-refractivity contribution in [1.29, 1.82) is 0 Å². The number of carbonyl (C=O) groups is 1. The fourth-order valence-corrected chi connectivity index (χ4v) is 3.23. The van der Waals surface area contributed by atoms with E-state index in [0.717, 1.165) is 14.6 Å². The monoisotopic (exact) mass is 363 g/mol. The Kier molecular flexibility index (Phi) is 3.52. The molecule has 0 aliphatic carbocycles. The summed E-state index contributed by atoms with van der Waals surface area (Å²) in [6.07, 6.45) is 0.177. The van der Waals surface area contributed by atoms with Crippen LogP contribution in [0.25, 0.3) is 0 Å². The number of aromatic nitrogens is 2. The van der Waals surface area contributed by atoms with Crippen LogP contribution in [0.5, 0.6) is 0 Å². The van der Waals surface area contributed by atoms with Crippen LogP contribution in [0.3, 0.4) is 0 Å². The quantitative estimate of drug-likeness (QED) is 0.830. The highest BCUT2D eigenvalue weighted by molar-refractivity contribution is 9.10. The lowest BCUT2D eigenvalue weighted by molar-refractivity contribution is -0.116. The van der Waals surface area contributed by atoms with Gasteiger partial charge in [0.15, 0.2) is 0 Å². The van der Waals surface area contributed by atoms with E-state index in [1.165, 1.54) is 11.6 Å². The Hall–Kier alpha value is -2.15. The van der Waals surface area contributed by atoms with Gasteiger partial charge in [-0.05, 0) is 17.7 Å². The number of nitrogens with one attached hydrogen (secondary N) is 1. The van der Waals surface area contributed by atoms with Crippen LogP contribution in [-0.2, 0) is 18.9 Å². The van der Waals surface area contributed by atoms with Crippen molar-refractivity contribution in [2.75, 3.05) is 5.32 Å². The third kappa shape index (κ3) is 2.21. The number of hydrogen-bond acceptors (Lipinski definition) is 3. The van der Waals surface area contributed by atoms with Gasteiger partial charge in [0.2, 0.25) is 5.91 Å². The van der Waals surface area contributed by atoms with Crippen molar-refractivity contribution in [3.05, 3.63) is 60.7 Å². The molecule has 1 N–H and O–H groups in total. The molecule has 114 valence electrons. The lowest BCUT2D eigenvalue weighted by Gasteiger charge is -2.27. The second kappa shape index (κ2) is 5.24. The molecule has 1 aromatic carbocycles. The second-order valence-corrected chi connectivity index (χ2v) is 6.24. The summed E-state index contributed by atoms with van der Waals surface area (Å²) in [7, 11) is 2.99. The lowest BCUT2D eigenvalue weighted by atomic mass is 9.87. The molecular formula is C15H14BrN3O3. The van der Waals surface area contributed by atoms with Crippen LogP contribution in [0.15, 0.2) is 38.3 Å². The van der Waals surface area contributed by atoms with E-state index in [1.807, 2.05) is 24.3 Å². The number of rotatable bonds is 1. The Labute approximate surface area is 134 Å². The molecule has 0 bridgehead atoms. The van der Waals surface area contributed by atoms with E-state index in [1.54, 1.807) is 7.05 Å². The molecule has 1 amide bonds. The SMILES string of the molecule is Cn1c2c(c(=O)n(C)c1=O)[C@@H](c1cccc(Br)c1)CC(=O)N2. The Balaban J connectivity index is 2.33. The van der Waals surface area contributed by atoms with Gasteiger partial charge in [-0.15, -0.1) is 0 Å². The van der Waals surface area contributed by atoms with Gasteiger partial charge in [-0.25, -0.2) is 4.79 Å². The zero-order chi connectivity index (χ0) is 16.0. The molecule has 22 heavy (non-hydrogen) atoms. The van der Waals surface area contributed by atoms with Crippen LogP contribution in [0, 0.1) is 0 Å². The third-order valence-electron chi connectivity index (χ3n) is 3.95. The van der Waals surface area contributed by atoms with E-state index in [0.29, 0.717) is 5.56 Å². The summed E-state index contributed by atoms with van der Waals surface area (Å²) in [6.45, 7) is 0. The first-order valence-corrected chi connectivity index (χ1v) is 7.54. The third-order valence-corrected chi connectivity index (χ3v) is 4.44. The molecule has 0 saturated heterocycles. The van der Waals surface area contributed by atoms with Crippen LogP contribution >= 0.6 is 15.9 Å². The number of halogens is 1. The molecular weight excluding hydrogens is 350 g/mol. The number of fused-ring (bicyclic) bond motifs is 1. The van der Waals surface area contributed by atoms with Crippen LogP contribution in [0.1, 0.15) is 23.5 Å². The van der Waals surface area contributed by atoms with Gasteiger partial charge in [-0.3, -0.25) is 18.7 Å². The standard InChI is InChI=1S/C15H14BrN3O3/c1-18-13-12(14(21)19(2)15(18)22)10(7-11(20)17-13)8-4-3-5-9(16)6-8/h3-6,10H,7H2,1-2H3,(H,17,20)/t10-/m1/s1. The van der Waals surface area contributed by atoms with E-state index < -0.39 is 5.69 Å². The predicted octanol–water partition coefficient (Wildman–Crippen LogP) is 1.32. The maximum absolute atomic E-state index is 12.5. The zero-order valence-electron chi connectivity index (χ0n) is 12.1. The summed E-state index contributed by atoms with van der Waals surface area (Å²) < 4.78 is 3.25. The van der Waals surface area contributed by atoms with Crippen molar-refractivity contribution < 1.29 is 4.79 Å².